The lowest BCUT2D eigenvalue weighted by Gasteiger charge is -2.31. The highest BCUT2D eigenvalue weighted by molar-refractivity contribution is 7.81. The number of carbonyl (C=O) groups is 1. The van der Waals surface area contributed by atoms with E-state index in [2.05, 4.69) is 29.8 Å². The predicted molar refractivity (Wildman–Crippen MR) is 75.5 cm³/mol. The monoisotopic (exact) mass is 258 g/mol. The molecule has 0 spiro atoms. The van der Waals surface area contributed by atoms with Crippen LogP contribution in [0.15, 0.2) is 0 Å². The van der Waals surface area contributed by atoms with Gasteiger partial charge in [0.15, 0.2) is 0 Å². The Hall–Kier alpha value is -0.220. The molecule has 0 aromatic heterocycles. The van der Waals surface area contributed by atoms with Crippen LogP contribution in [0.25, 0.3) is 0 Å². The lowest BCUT2D eigenvalue weighted by molar-refractivity contribution is -0.121. The Kier molecular flexibility index (Phi) is 6.34. The van der Waals surface area contributed by atoms with Gasteiger partial charge >= 0.3 is 0 Å². The molecule has 1 saturated heterocycles. The summed E-state index contributed by atoms with van der Waals surface area (Å²) in [4.78, 5) is 14.2. The zero-order valence-corrected chi connectivity index (χ0v) is 12.2. The largest absolute Gasteiger partial charge is 0.355 e. The minimum Gasteiger partial charge on any atom is -0.355 e. The summed E-state index contributed by atoms with van der Waals surface area (Å²) in [7, 11) is 0. The molecule has 0 radical (unpaired) electrons. The molecule has 4 heteroatoms. The van der Waals surface area contributed by atoms with Gasteiger partial charge in [-0.1, -0.05) is 20.8 Å². The third-order valence-electron chi connectivity index (χ3n) is 3.62. The van der Waals surface area contributed by atoms with Crippen molar-refractivity contribution in [3.05, 3.63) is 0 Å². The molecule has 0 bridgehead atoms. The SMILES string of the molecule is CCN1CCC(CNC(=O)C(S)C(C)C)CC1. The smallest absolute Gasteiger partial charge is 0.233 e. The first-order valence-corrected chi connectivity index (χ1v) is 7.24. The number of amides is 1. The molecule has 1 N–H and O–H groups in total. The van der Waals surface area contributed by atoms with Crippen LogP contribution in [0.3, 0.4) is 0 Å². The van der Waals surface area contributed by atoms with Gasteiger partial charge in [-0.3, -0.25) is 4.79 Å². The van der Waals surface area contributed by atoms with Gasteiger partial charge in [0, 0.05) is 6.54 Å². The fourth-order valence-corrected chi connectivity index (χ4v) is 2.25. The Bertz CT molecular complexity index is 238. The number of hydrogen-bond donors (Lipinski definition) is 2. The molecule has 1 amide bonds. The molecule has 1 heterocycles. The highest BCUT2D eigenvalue weighted by atomic mass is 32.1. The average molecular weight is 258 g/mol. The Morgan fingerprint density at radius 2 is 2.00 bits per heavy atom. The number of rotatable bonds is 5. The molecule has 0 aliphatic carbocycles. The quantitative estimate of drug-likeness (QED) is 0.737. The minimum atomic E-state index is -0.175. The molecule has 0 saturated carbocycles. The molecule has 1 fully saturated rings. The summed E-state index contributed by atoms with van der Waals surface area (Å²) >= 11 is 4.33. The van der Waals surface area contributed by atoms with Crippen molar-refractivity contribution in [3.8, 4) is 0 Å². The molecule has 1 aliphatic heterocycles. The van der Waals surface area contributed by atoms with Crippen molar-refractivity contribution >= 4 is 18.5 Å². The summed E-state index contributed by atoms with van der Waals surface area (Å²) in [6.45, 7) is 10.6. The summed E-state index contributed by atoms with van der Waals surface area (Å²) in [6, 6.07) is 0. The van der Waals surface area contributed by atoms with Crippen LogP contribution in [0, 0.1) is 11.8 Å². The van der Waals surface area contributed by atoms with Crippen molar-refractivity contribution in [1.82, 2.24) is 10.2 Å². The summed E-state index contributed by atoms with van der Waals surface area (Å²) in [5.74, 6) is 1.02. The standard InChI is InChI=1S/C13H26N2OS/c1-4-15-7-5-11(6-8-15)9-14-13(16)12(17)10(2)3/h10-12,17H,4-9H2,1-3H3,(H,14,16). The molecular formula is C13H26N2OS. The molecule has 100 valence electrons. The number of thiol groups is 1. The van der Waals surface area contributed by atoms with E-state index in [9.17, 15) is 4.79 Å². The Labute approximate surface area is 111 Å². The van der Waals surface area contributed by atoms with Crippen LogP contribution in [0.4, 0.5) is 0 Å². The molecular weight excluding hydrogens is 232 g/mol. The van der Waals surface area contributed by atoms with E-state index in [0.717, 1.165) is 13.1 Å². The molecule has 3 nitrogen and oxygen atoms in total. The fourth-order valence-electron chi connectivity index (χ4n) is 2.16. The maximum Gasteiger partial charge on any atom is 0.233 e. The Morgan fingerprint density at radius 1 is 1.41 bits per heavy atom. The first-order valence-electron chi connectivity index (χ1n) is 6.72. The van der Waals surface area contributed by atoms with E-state index in [-0.39, 0.29) is 11.2 Å². The zero-order valence-electron chi connectivity index (χ0n) is 11.3. The van der Waals surface area contributed by atoms with Crippen LogP contribution in [0.5, 0.6) is 0 Å². The van der Waals surface area contributed by atoms with Gasteiger partial charge in [-0.15, -0.1) is 0 Å². The predicted octanol–water partition coefficient (Wildman–Crippen LogP) is 1.79. The van der Waals surface area contributed by atoms with Crippen LogP contribution >= 0.6 is 12.6 Å². The molecule has 0 aromatic rings. The topological polar surface area (TPSA) is 32.3 Å². The van der Waals surface area contributed by atoms with Gasteiger partial charge in [0.1, 0.15) is 0 Å². The van der Waals surface area contributed by atoms with Crippen molar-refractivity contribution in [1.29, 1.82) is 0 Å². The van der Waals surface area contributed by atoms with Gasteiger partial charge in [0.05, 0.1) is 5.25 Å². The third-order valence-corrected chi connectivity index (χ3v) is 4.45. The maximum atomic E-state index is 11.7. The second-order valence-electron chi connectivity index (χ2n) is 5.31. The van der Waals surface area contributed by atoms with E-state index < -0.39 is 0 Å². The second kappa shape index (κ2) is 7.27. The molecule has 1 rings (SSSR count). The van der Waals surface area contributed by atoms with Gasteiger partial charge in [-0.05, 0) is 44.3 Å². The van der Waals surface area contributed by atoms with Gasteiger partial charge in [0.2, 0.25) is 5.91 Å². The van der Waals surface area contributed by atoms with Crippen LogP contribution < -0.4 is 5.32 Å². The highest BCUT2D eigenvalue weighted by Crippen LogP contribution is 2.16. The highest BCUT2D eigenvalue weighted by Gasteiger charge is 2.21. The number of carbonyl (C=O) groups excluding carboxylic acids is 1. The number of likely N-dealkylation sites (tertiary alicyclic amines) is 1. The maximum absolute atomic E-state index is 11.7. The first-order chi connectivity index (χ1) is 8.04. The van der Waals surface area contributed by atoms with Crippen molar-refractivity contribution in [2.75, 3.05) is 26.2 Å². The summed E-state index contributed by atoms with van der Waals surface area (Å²) in [5.41, 5.74) is 0. The van der Waals surface area contributed by atoms with Crippen LogP contribution in [-0.2, 0) is 4.79 Å². The van der Waals surface area contributed by atoms with Crippen molar-refractivity contribution in [3.63, 3.8) is 0 Å². The molecule has 0 aromatic carbocycles. The van der Waals surface area contributed by atoms with Gasteiger partial charge in [-0.2, -0.15) is 12.6 Å². The first kappa shape index (κ1) is 14.8. The number of nitrogens with zero attached hydrogens (tertiary/aromatic N) is 1. The lowest BCUT2D eigenvalue weighted by Crippen LogP contribution is -2.41. The van der Waals surface area contributed by atoms with Gasteiger partial charge < -0.3 is 10.2 Å². The van der Waals surface area contributed by atoms with Gasteiger partial charge in [-0.25, -0.2) is 0 Å². The molecule has 1 aliphatic rings. The fraction of sp³-hybridized carbons (Fsp3) is 0.923. The van der Waals surface area contributed by atoms with E-state index in [1.54, 1.807) is 0 Å². The number of piperidine rings is 1. The summed E-state index contributed by atoms with van der Waals surface area (Å²) < 4.78 is 0. The Morgan fingerprint density at radius 3 is 2.47 bits per heavy atom. The van der Waals surface area contributed by atoms with E-state index in [0.29, 0.717) is 11.8 Å². The van der Waals surface area contributed by atoms with E-state index in [4.69, 9.17) is 0 Å². The number of hydrogen-bond acceptors (Lipinski definition) is 3. The second-order valence-corrected chi connectivity index (χ2v) is 5.87. The third kappa shape index (κ3) is 4.88. The van der Waals surface area contributed by atoms with E-state index in [1.807, 2.05) is 13.8 Å². The zero-order chi connectivity index (χ0) is 12.8. The van der Waals surface area contributed by atoms with Crippen LogP contribution in [0.1, 0.15) is 33.6 Å². The summed E-state index contributed by atoms with van der Waals surface area (Å²) in [5, 5.41) is 2.86. The van der Waals surface area contributed by atoms with Crippen LogP contribution in [-0.4, -0.2) is 42.2 Å². The summed E-state index contributed by atoms with van der Waals surface area (Å²) in [6.07, 6.45) is 2.40. The lowest BCUT2D eigenvalue weighted by atomic mass is 9.96. The number of nitrogens with one attached hydrogen (secondary N) is 1. The average Bonchev–Trinajstić information content (AvgIpc) is 2.35. The van der Waals surface area contributed by atoms with Gasteiger partial charge in [0.25, 0.3) is 0 Å². The van der Waals surface area contributed by atoms with E-state index in [1.165, 1.54) is 25.9 Å². The van der Waals surface area contributed by atoms with Crippen molar-refractivity contribution in [2.24, 2.45) is 11.8 Å². The molecule has 17 heavy (non-hydrogen) atoms. The van der Waals surface area contributed by atoms with Crippen LogP contribution in [0.2, 0.25) is 0 Å². The normalized spacial score (nSPS) is 20.5. The Balaban J connectivity index is 2.21. The molecule has 1 atom stereocenters. The van der Waals surface area contributed by atoms with E-state index >= 15 is 0 Å². The van der Waals surface area contributed by atoms with Crippen molar-refractivity contribution < 1.29 is 4.79 Å². The minimum absolute atomic E-state index is 0.0845. The van der Waals surface area contributed by atoms with Crippen molar-refractivity contribution in [2.45, 2.75) is 38.9 Å². The molecule has 1 unspecified atom stereocenters.